The van der Waals surface area contributed by atoms with Crippen LogP contribution in [0.4, 0.5) is 0 Å². The molecule has 2 aliphatic rings. The van der Waals surface area contributed by atoms with Gasteiger partial charge in [-0.1, -0.05) is 60.1 Å². The van der Waals surface area contributed by atoms with Crippen molar-refractivity contribution < 1.29 is 4.79 Å². The number of aromatic amines is 1. The maximum atomic E-state index is 13.6. The highest BCUT2D eigenvalue weighted by molar-refractivity contribution is 9.10. The fourth-order valence-electron chi connectivity index (χ4n) is 6.50. The van der Waals surface area contributed by atoms with Crippen LogP contribution in [0.1, 0.15) is 68.9 Å². The summed E-state index contributed by atoms with van der Waals surface area (Å²) >= 11 is 3.66. The van der Waals surface area contributed by atoms with E-state index in [9.17, 15) is 4.79 Å². The number of halogens is 1. The molecule has 1 saturated heterocycles. The van der Waals surface area contributed by atoms with Gasteiger partial charge >= 0.3 is 0 Å². The zero-order valence-electron chi connectivity index (χ0n) is 19.8. The van der Waals surface area contributed by atoms with Crippen LogP contribution in [-0.4, -0.2) is 28.9 Å². The summed E-state index contributed by atoms with van der Waals surface area (Å²) in [7, 11) is 0. The van der Waals surface area contributed by atoms with Crippen LogP contribution < -0.4 is 5.32 Å². The summed E-state index contributed by atoms with van der Waals surface area (Å²) in [6.45, 7) is 8.70. The highest BCUT2D eigenvalue weighted by atomic mass is 79.9. The number of benzene rings is 2. The van der Waals surface area contributed by atoms with Gasteiger partial charge in [0.1, 0.15) is 0 Å². The molecule has 4 atom stereocenters. The maximum Gasteiger partial charge on any atom is 0.223 e. The molecule has 0 radical (unpaired) electrons. The third-order valence-corrected chi connectivity index (χ3v) is 8.89. The number of nitrogens with zero attached hydrogens (tertiary/aromatic N) is 1. The summed E-state index contributed by atoms with van der Waals surface area (Å²) in [6.07, 6.45) is 4.28. The van der Waals surface area contributed by atoms with E-state index in [4.69, 9.17) is 0 Å². The number of carbonyl (C=O) groups excluding carboxylic acids is 1. The van der Waals surface area contributed by atoms with Crippen LogP contribution >= 0.6 is 15.9 Å². The molecular formula is C28H34BrN3O. The van der Waals surface area contributed by atoms with Crippen molar-refractivity contribution in [3.8, 4) is 0 Å². The van der Waals surface area contributed by atoms with Gasteiger partial charge in [-0.3, -0.25) is 9.69 Å². The van der Waals surface area contributed by atoms with E-state index in [2.05, 4.69) is 82.2 Å². The third kappa shape index (κ3) is 3.83. The van der Waals surface area contributed by atoms with Gasteiger partial charge in [0.25, 0.3) is 0 Å². The Balaban J connectivity index is 1.51. The summed E-state index contributed by atoms with van der Waals surface area (Å²) in [5, 5.41) is 4.66. The zero-order valence-corrected chi connectivity index (χ0v) is 21.4. The predicted molar refractivity (Wildman–Crippen MR) is 138 cm³/mol. The second-order valence-electron chi connectivity index (χ2n) is 9.95. The molecule has 2 aromatic carbocycles. The molecule has 2 aliphatic heterocycles. The third-order valence-electron chi connectivity index (χ3n) is 8.39. The maximum absolute atomic E-state index is 13.6. The van der Waals surface area contributed by atoms with E-state index in [0.717, 1.165) is 48.8 Å². The number of amides is 1. The van der Waals surface area contributed by atoms with Crippen molar-refractivity contribution in [2.24, 2.45) is 11.3 Å². The molecule has 3 heterocycles. The molecule has 1 unspecified atom stereocenters. The first-order valence-corrected chi connectivity index (χ1v) is 13.1. The van der Waals surface area contributed by atoms with Crippen molar-refractivity contribution in [3.05, 3.63) is 69.8 Å². The minimum atomic E-state index is -0.0913. The number of carbonyl (C=O) groups is 1. The number of fused-ring (bicyclic) bond motifs is 5. The van der Waals surface area contributed by atoms with Gasteiger partial charge in [-0.25, -0.2) is 0 Å². The van der Waals surface area contributed by atoms with E-state index in [1.165, 1.54) is 22.2 Å². The van der Waals surface area contributed by atoms with E-state index in [1.807, 2.05) is 18.2 Å². The number of rotatable bonds is 5. The van der Waals surface area contributed by atoms with Gasteiger partial charge < -0.3 is 10.3 Å². The summed E-state index contributed by atoms with van der Waals surface area (Å²) in [4.78, 5) is 20.1. The fourth-order valence-corrected chi connectivity index (χ4v) is 6.87. The first kappa shape index (κ1) is 22.7. The number of hydrogen-bond donors (Lipinski definition) is 2. The molecule has 2 N–H and O–H groups in total. The molecule has 5 rings (SSSR count). The van der Waals surface area contributed by atoms with Gasteiger partial charge in [0.2, 0.25) is 5.91 Å². The topological polar surface area (TPSA) is 48.1 Å². The number of aromatic nitrogens is 1. The van der Waals surface area contributed by atoms with E-state index < -0.39 is 0 Å². The number of nitrogens with one attached hydrogen (secondary N) is 2. The average Bonchev–Trinajstić information content (AvgIpc) is 3.21. The normalized spacial score (nSPS) is 24.7. The van der Waals surface area contributed by atoms with Crippen LogP contribution in [-0.2, 0) is 11.2 Å². The number of hydrogen-bond acceptors (Lipinski definition) is 2. The smallest absolute Gasteiger partial charge is 0.223 e. The van der Waals surface area contributed by atoms with Gasteiger partial charge in [0.05, 0.1) is 12.1 Å². The van der Waals surface area contributed by atoms with Gasteiger partial charge in [0, 0.05) is 38.9 Å². The van der Waals surface area contributed by atoms with Crippen LogP contribution in [0, 0.1) is 11.3 Å². The molecule has 33 heavy (non-hydrogen) atoms. The first-order valence-electron chi connectivity index (χ1n) is 12.3. The lowest BCUT2D eigenvalue weighted by Gasteiger charge is -2.54. The average molecular weight is 509 g/mol. The largest absolute Gasteiger partial charge is 0.357 e. The predicted octanol–water partition coefficient (Wildman–Crippen LogP) is 6.53. The molecule has 4 nitrogen and oxygen atoms in total. The van der Waals surface area contributed by atoms with Crippen LogP contribution in [0.15, 0.2) is 53.0 Å². The Morgan fingerprint density at radius 3 is 2.76 bits per heavy atom. The van der Waals surface area contributed by atoms with Crippen molar-refractivity contribution in [2.45, 2.75) is 58.5 Å². The SMILES string of the molecule is CC[C@@]1(C(C)C(=O)N[C@H](C)c2ccccc2)CCCN2CCc3c([nH]c4ccc(Br)cc34)[C@@H]21. The fraction of sp³-hybridized carbons (Fsp3) is 0.464. The lowest BCUT2D eigenvalue weighted by Crippen LogP contribution is -2.54. The quantitative estimate of drug-likeness (QED) is 0.412. The van der Waals surface area contributed by atoms with Crippen molar-refractivity contribution in [1.82, 2.24) is 15.2 Å². The highest BCUT2D eigenvalue weighted by Gasteiger charge is 2.52. The highest BCUT2D eigenvalue weighted by Crippen LogP contribution is 2.55. The molecule has 5 heteroatoms. The number of piperidine rings is 1. The van der Waals surface area contributed by atoms with E-state index in [-0.39, 0.29) is 29.3 Å². The Hall–Kier alpha value is -2.11. The minimum absolute atomic E-state index is 0.00194. The molecular weight excluding hydrogens is 474 g/mol. The second-order valence-corrected chi connectivity index (χ2v) is 10.9. The van der Waals surface area contributed by atoms with Crippen molar-refractivity contribution in [3.63, 3.8) is 0 Å². The Labute approximate surface area is 205 Å². The zero-order chi connectivity index (χ0) is 23.2. The van der Waals surface area contributed by atoms with Crippen LogP contribution in [0.2, 0.25) is 0 Å². The molecule has 1 fully saturated rings. The van der Waals surface area contributed by atoms with Crippen LogP contribution in [0.5, 0.6) is 0 Å². The molecule has 1 aromatic heterocycles. The lowest BCUT2D eigenvalue weighted by molar-refractivity contribution is -0.135. The second kappa shape index (κ2) is 8.92. The van der Waals surface area contributed by atoms with Crippen LogP contribution in [0.3, 0.4) is 0 Å². The molecule has 0 saturated carbocycles. The van der Waals surface area contributed by atoms with Crippen molar-refractivity contribution in [2.75, 3.05) is 13.1 Å². The van der Waals surface area contributed by atoms with Gasteiger partial charge in [-0.05, 0) is 68.5 Å². The van der Waals surface area contributed by atoms with E-state index in [0.29, 0.717) is 0 Å². The summed E-state index contributed by atoms with van der Waals surface area (Å²) < 4.78 is 1.12. The summed E-state index contributed by atoms with van der Waals surface area (Å²) in [6, 6.07) is 17.0. The van der Waals surface area contributed by atoms with E-state index in [1.54, 1.807) is 0 Å². The molecule has 0 aliphatic carbocycles. The Kier molecular flexibility index (Phi) is 6.13. The molecule has 0 bridgehead atoms. The Morgan fingerprint density at radius 2 is 2.00 bits per heavy atom. The molecule has 174 valence electrons. The standard InChI is InChI=1S/C28H34BrN3O/c1-4-28(18(2)27(33)30-19(3)20-9-6-5-7-10-20)14-8-15-32-16-13-22-23-17-21(29)11-12-24(23)31-25(22)26(28)32/h5-7,9-12,17-19,26,31H,4,8,13-16H2,1-3H3,(H,30,33)/t18?,19-,26-,28+/m1/s1. The number of H-pyrrole nitrogens is 1. The van der Waals surface area contributed by atoms with Crippen molar-refractivity contribution >= 4 is 32.7 Å². The first-order chi connectivity index (χ1) is 15.9. The van der Waals surface area contributed by atoms with E-state index >= 15 is 0 Å². The monoisotopic (exact) mass is 507 g/mol. The lowest BCUT2D eigenvalue weighted by atomic mass is 9.61. The molecule has 1 amide bonds. The van der Waals surface area contributed by atoms with Gasteiger partial charge in [-0.15, -0.1) is 0 Å². The Bertz CT molecular complexity index is 1160. The van der Waals surface area contributed by atoms with Crippen molar-refractivity contribution in [1.29, 1.82) is 0 Å². The van der Waals surface area contributed by atoms with Crippen LogP contribution in [0.25, 0.3) is 10.9 Å². The van der Waals surface area contributed by atoms with Gasteiger partial charge in [-0.2, -0.15) is 0 Å². The summed E-state index contributed by atoms with van der Waals surface area (Å²) in [5.74, 6) is 0.0894. The minimum Gasteiger partial charge on any atom is -0.357 e. The van der Waals surface area contributed by atoms with Gasteiger partial charge in [0.15, 0.2) is 0 Å². The summed E-state index contributed by atoms with van der Waals surface area (Å²) in [5.41, 5.74) is 5.04. The Morgan fingerprint density at radius 1 is 1.21 bits per heavy atom. The molecule has 3 aromatic rings. The molecule has 0 spiro atoms.